The highest BCUT2D eigenvalue weighted by atomic mass is 16.2. The van der Waals surface area contributed by atoms with Gasteiger partial charge in [0, 0.05) is 25.2 Å². The molecular weight excluding hydrogens is 312 g/mol. The van der Waals surface area contributed by atoms with E-state index in [-0.39, 0.29) is 24.2 Å². The number of carbonyl (C=O) groups excluding carboxylic acids is 2. The van der Waals surface area contributed by atoms with E-state index < -0.39 is 0 Å². The number of rotatable bonds is 5. The van der Waals surface area contributed by atoms with Crippen LogP contribution in [0.4, 0.5) is 5.69 Å². The second-order valence-corrected chi connectivity index (χ2v) is 6.93. The second kappa shape index (κ2) is 7.51. The summed E-state index contributed by atoms with van der Waals surface area (Å²) in [5.41, 5.74) is 3.15. The number of anilines is 1. The van der Waals surface area contributed by atoms with E-state index in [0.717, 1.165) is 11.3 Å². The predicted molar refractivity (Wildman–Crippen MR) is 99.1 cm³/mol. The van der Waals surface area contributed by atoms with Gasteiger partial charge in [-0.05, 0) is 29.2 Å². The van der Waals surface area contributed by atoms with Gasteiger partial charge in [0.15, 0.2) is 0 Å². The van der Waals surface area contributed by atoms with E-state index in [0.29, 0.717) is 19.0 Å². The van der Waals surface area contributed by atoms with E-state index in [4.69, 9.17) is 0 Å². The average Bonchev–Trinajstić information content (AvgIpc) is 2.97. The van der Waals surface area contributed by atoms with Gasteiger partial charge in [-0.15, -0.1) is 0 Å². The monoisotopic (exact) mass is 336 g/mol. The van der Waals surface area contributed by atoms with Gasteiger partial charge in [0.05, 0.1) is 5.92 Å². The first-order valence-corrected chi connectivity index (χ1v) is 8.75. The van der Waals surface area contributed by atoms with E-state index in [1.165, 1.54) is 5.56 Å². The smallest absolute Gasteiger partial charge is 0.229 e. The number of carbonyl (C=O) groups is 2. The number of likely N-dealkylation sites (tertiary alicyclic amines) is 1. The fourth-order valence-electron chi connectivity index (χ4n) is 3.09. The largest absolute Gasteiger partial charge is 0.338 e. The van der Waals surface area contributed by atoms with Crippen molar-refractivity contribution in [3.05, 3.63) is 65.7 Å². The molecule has 3 rings (SSSR count). The third-order valence-corrected chi connectivity index (χ3v) is 4.65. The Morgan fingerprint density at radius 3 is 2.44 bits per heavy atom. The average molecular weight is 336 g/mol. The summed E-state index contributed by atoms with van der Waals surface area (Å²) in [6.07, 6.45) is 0.281. The molecule has 0 aliphatic carbocycles. The lowest BCUT2D eigenvalue weighted by Crippen LogP contribution is -2.28. The highest BCUT2D eigenvalue weighted by molar-refractivity contribution is 5.97. The molecule has 2 aromatic carbocycles. The van der Waals surface area contributed by atoms with Gasteiger partial charge >= 0.3 is 0 Å². The lowest BCUT2D eigenvalue weighted by molar-refractivity contribution is -0.128. The van der Waals surface area contributed by atoms with E-state index in [1.807, 2.05) is 30.3 Å². The Balaban J connectivity index is 1.59. The Hall–Kier alpha value is -2.62. The lowest BCUT2D eigenvalue weighted by atomic mass is 10.0. The number of amides is 2. The van der Waals surface area contributed by atoms with Crippen molar-refractivity contribution in [2.24, 2.45) is 5.92 Å². The Bertz CT molecular complexity index is 738. The lowest BCUT2D eigenvalue weighted by Gasteiger charge is -2.17. The molecule has 0 radical (unpaired) electrons. The SMILES string of the molecule is CC(C)c1ccc(CN2C[C@H](C(=O)Nc3ccccc3)CC2=O)cc1. The number of para-hydroxylation sites is 1. The van der Waals surface area contributed by atoms with Crippen molar-refractivity contribution in [2.45, 2.75) is 32.7 Å². The minimum atomic E-state index is -0.289. The van der Waals surface area contributed by atoms with Crippen LogP contribution in [0.15, 0.2) is 54.6 Å². The number of hydrogen-bond acceptors (Lipinski definition) is 2. The molecule has 0 unspecified atom stereocenters. The third-order valence-electron chi connectivity index (χ3n) is 4.65. The molecule has 2 aromatic rings. The van der Waals surface area contributed by atoms with E-state index >= 15 is 0 Å². The number of nitrogens with one attached hydrogen (secondary N) is 1. The summed E-state index contributed by atoms with van der Waals surface area (Å²) >= 11 is 0. The molecule has 0 spiro atoms. The summed E-state index contributed by atoms with van der Waals surface area (Å²) in [7, 11) is 0. The first-order valence-electron chi connectivity index (χ1n) is 8.75. The maximum absolute atomic E-state index is 12.4. The van der Waals surface area contributed by atoms with Crippen LogP contribution in [0.25, 0.3) is 0 Å². The molecule has 1 aliphatic rings. The summed E-state index contributed by atoms with van der Waals surface area (Å²) in [6.45, 7) is 5.36. The van der Waals surface area contributed by atoms with Gasteiger partial charge in [0.1, 0.15) is 0 Å². The third kappa shape index (κ3) is 4.27. The number of nitrogens with zero attached hydrogens (tertiary/aromatic N) is 1. The first kappa shape index (κ1) is 17.2. The van der Waals surface area contributed by atoms with Crippen LogP contribution >= 0.6 is 0 Å². The van der Waals surface area contributed by atoms with Crippen molar-refractivity contribution >= 4 is 17.5 Å². The van der Waals surface area contributed by atoms with Gasteiger partial charge in [-0.25, -0.2) is 0 Å². The predicted octanol–water partition coefficient (Wildman–Crippen LogP) is 3.80. The van der Waals surface area contributed by atoms with Crippen molar-refractivity contribution in [1.29, 1.82) is 0 Å². The van der Waals surface area contributed by atoms with E-state index in [2.05, 4.69) is 43.4 Å². The van der Waals surface area contributed by atoms with Gasteiger partial charge in [-0.1, -0.05) is 56.3 Å². The summed E-state index contributed by atoms with van der Waals surface area (Å²) in [5, 5.41) is 2.89. The molecule has 4 heteroatoms. The van der Waals surface area contributed by atoms with Gasteiger partial charge in [-0.2, -0.15) is 0 Å². The molecular formula is C21H24N2O2. The zero-order chi connectivity index (χ0) is 17.8. The Labute approximate surface area is 148 Å². The summed E-state index contributed by atoms with van der Waals surface area (Å²) in [6, 6.07) is 17.7. The first-order chi connectivity index (χ1) is 12.0. The second-order valence-electron chi connectivity index (χ2n) is 6.93. The molecule has 1 N–H and O–H groups in total. The van der Waals surface area contributed by atoms with Crippen LogP contribution in [0, 0.1) is 5.92 Å². The van der Waals surface area contributed by atoms with Crippen LogP contribution in [-0.2, 0) is 16.1 Å². The van der Waals surface area contributed by atoms with Crippen molar-refractivity contribution in [2.75, 3.05) is 11.9 Å². The summed E-state index contributed by atoms with van der Waals surface area (Å²) < 4.78 is 0. The van der Waals surface area contributed by atoms with Crippen molar-refractivity contribution in [3.63, 3.8) is 0 Å². The summed E-state index contributed by atoms with van der Waals surface area (Å²) in [4.78, 5) is 26.4. The van der Waals surface area contributed by atoms with Gasteiger partial charge in [0.2, 0.25) is 11.8 Å². The maximum Gasteiger partial charge on any atom is 0.229 e. The van der Waals surface area contributed by atoms with Gasteiger partial charge in [-0.3, -0.25) is 9.59 Å². The fraction of sp³-hybridized carbons (Fsp3) is 0.333. The van der Waals surface area contributed by atoms with Crippen LogP contribution in [-0.4, -0.2) is 23.3 Å². The Morgan fingerprint density at radius 2 is 1.80 bits per heavy atom. The van der Waals surface area contributed by atoms with Crippen LogP contribution in [0.2, 0.25) is 0 Å². The number of hydrogen-bond donors (Lipinski definition) is 1. The minimum absolute atomic E-state index is 0.0427. The molecule has 1 aliphatic heterocycles. The van der Waals surface area contributed by atoms with Crippen LogP contribution < -0.4 is 5.32 Å². The number of benzene rings is 2. The Kier molecular flexibility index (Phi) is 5.17. The minimum Gasteiger partial charge on any atom is -0.338 e. The standard InChI is InChI=1S/C21H24N2O2/c1-15(2)17-10-8-16(9-11-17)13-23-14-18(12-20(23)24)21(25)22-19-6-4-3-5-7-19/h3-11,15,18H,12-14H2,1-2H3,(H,22,25)/t18-/m1/s1. The highest BCUT2D eigenvalue weighted by Gasteiger charge is 2.34. The van der Waals surface area contributed by atoms with Crippen molar-refractivity contribution in [1.82, 2.24) is 4.90 Å². The van der Waals surface area contributed by atoms with Crippen LogP contribution in [0.5, 0.6) is 0 Å². The van der Waals surface area contributed by atoms with Gasteiger partial charge < -0.3 is 10.2 Å². The van der Waals surface area contributed by atoms with E-state index in [9.17, 15) is 9.59 Å². The molecule has 4 nitrogen and oxygen atoms in total. The topological polar surface area (TPSA) is 49.4 Å². The zero-order valence-corrected chi connectivity index (χ0v) is 14.7. The molecule has 130 valence electrons. The Morgan fingerprint density at radius 1 is 1.12 bits per heavy atom. The fourth-order valence-corrected chi connectivity index (χ4v) is 3.09. The zero-order valence-electron chi connectivity index (χ0n) is 14.7. The molecule has 1 heterocycles. The van der Waals surface area contributed by atoms with Crippen molar-refractivity contribution < 1.29 is 9.59 Å². The van der Waals surface area contributed by atoms with Gasteiger partial charge in [0.25, 0.3) is 0 Å². The molecule has 0 saturated carbocycles. The van der Waals surface area contributed by atoms with Crippen molar-refractivity contribution in [3.8, 4) is 0 Å². The molecule has 0 bridgehead atoms. The maximum atomic E-state index is 12.4. The molecule has 1 fully saturated rings. The highest BCUT2D eigenvalue weighted by Crippen LogP contribution is 2.23. The molecule has 25 heavy (non-hydrogen) atoms. The molecule has 1 saturated heterocycles. The summed E-state index contributed by atoms with van der Waals surface area (Å²) in [5.74, 6) is 0.162. The molecule has 1 atom stereocenters. The van der Waals surface area contributed by atoms with Crippen LogP contribution in [0.1, 0.15) is 37.3 Å². The quantitative estimate of drug-likeness (QED) is 0.903. The van der Waals surface area contributed by atoms with Crippen LogP contribution in [0.3, 0.4) is 0 Å². The molecule has 2 amide bonds. The van der Waals surface area contributed by atoms with E-state index in [1.54, 1.807) is 4.90 Å². The molecule has 0 aromatic heterocycles. The normalized spacial score (nSPS) is 17.2.